The normalized spacial score (nSPS) is 10.4. The van der Waals surface area contributed by atoms with Gasteiger partial charge in [-0.1, -0.05) is 29.8 Å². The van der Waals surface area contributed by atoms with Gasteiger partial charge in [0.1, 0.15) is 5.69 Å². The fourth-order valence-corrected chi connectivity index (χ4v) is 2.03. The molecule has 0 aliphatic carbocycles. The molecule has 3 rings (SSSR count). The molecule has 0 saturated carbocycles. The maximum atomic E-state index is 12.1. The SMILES string of the molecule is O=C(Nc1c(Cl)nc(-n2cccn2)[nH]c1=O)c1ccccc1. The minimum absolute atomic E-state index is 0.105. The van der Waals surface area contributed by atoms with E-state index in [0.29, 0.717) is 5.56 Å². The Balaban J connectivity index is 1.92. The number of rotatable bonds is 3. The Morgan fingerprint density at radius 1 is 1.23 bits per heavy atom. The summed E-state index contributed by atoms with van der Waals surface area (Å²) in [4.78, 5) is 30.7. The summed E-state index contributed by atoms with van der Waals surface area (Å²) in [6.07, 6.45) is 3.15. The van der Waals surface area contributed by atoms with Crippen LogP contribution in [0.3, 0.4) is 0 Å². The van der Waals surface area contributed by atoms with E-state index in [1.54, 1.807) is 48.8 Å². The monoisotopic (exact) mass is 315 g/mol. The van der Waals surface area contributed by atoms with Crippen LogP contribution in [0.15, 0.2) is 53.6 Å². The van der Waals surface area contributed by atoms with E-state index >= 15 is 0 Å². The summed E-state index contributed by atoms with van der Waals surface area (Å²) in [6.45, 7) is 0. The average molecular weight is 316 g/mol. The second-order valence-corrected chi connectivity index (χ2v) is 4.68. The van der Waals surface area contributed by atoms with Crippen LogP contribution < -0.4 is 10.9 Å². The van der Waals surface area contributed by atoms with Gasteiger partial charge in [0, 0.05) is 18.0 Å². The lowest BCUT2D eigenvalue weighted by Gasteiger charge is -2.07. The molecule has 0 radical (unpaired) electrons. The van der Waals surface area contributed by atoms with E-state index in [4.69, 9.17) is 11.6 Å². The summed E-state index contributed by atoms with van der Waals surface area (Å²) in [5.41, 5.74) is -0.254. The van der Waals surface area contributed by atoms with E-state index in [1.807, 2.05) is 0 Å². The molecule has 0 atom stereocenters. The van der Waals surface area contributed by atoms with E-state index in [1.165, 1.54) is 4.68 Å². The number of hydrogen-bond acceptors (Lipinski definition) is 4. The van der Waals surface area contributed by atoms with Gasteiger partial charge in [-0.25, -0.2) is 4.68 Å². The third kappa shape index (κ3) is 2.75. The van der Waals surface area contributed by atoms with Crippen LogP contribution in [0.5, 0.6) is 0 Å². The lowest BCUT2D eigenvalue weighted by atomic mass is 10.2. The molecule has 8 heteroatoms. The Kier molecular flexibility index (Phi) is 3.71. The van der Waals surface area contributed by atoms with Gasteiger partial charge in [0.15, 0.2) is 5.15 Å². The van der Waals surface area contributed by atoms with Crippen molar-refractivity contribution < 1.29 is 4.79 Å². The van der Waals surface area contributed by atoms with Crippen molar-refractivity contribution in [3.63, 3.8) is 0 Å². The highest BCUT2D eigenvalue weighted by molar-refractivity contribution is 6.32. The number of aromatic nitrogens is 4. The van der Waals surface area contributed by atoms with Crippen molar-refractivity contribution >= 4 is 23.2 Å². The highest BCUT2D eigenvalue weighted by atomic mass is 35.5. The number of aromatic amines is 1. The second kappa shape index (κ2) is 5.82. The van der Waals surface area contributed by atoms with Crippen molar-refractivity contribution in [3.8, 4) is 5.95 Å². The minimum Gasteiger partial charge on any atom is -0.315 e. The van der Waals surface area contributed by atoms with Gasteiger partial charge in [-0.3, -0.25) is 14.6 Å². The summed E-state index contributed by atoms with van der Waals surface area (Å²) >= 11 is 6.00. The second-order valence-electron chi connectivity index (χ2n) is 4.33. The predicted molar refractivity (Wildman–Crippen MR) is 81.4 cm³/mol. The van der Waals surface area contributed by atoms with Crippen molar-refractivity contribution in [3.05, 3.63) is 69.9 Å². The van der Waals surface area contributed by atoms with Crippen molar-refractivity contribution in [2.24, 2.45) is 0 Å². The summed E-state index contributed by atoms with van der Waals surface area (Å²) in [5.74, 6) is -0.278. The molecule has 1 amide bonds. The van der Waals surface area contributed by atoms with Crippen LogP contribution in [0, 0.1) is 0 Å². The van der Waals surface area contributed by atoms with Crippen molar-refractivity contribution in [1.29, 1.82) is 0 Å². The van der Waals surface area contributed by atoms with Gasteiger partial charge < -0.3 is 5.32 Å². The number of benzene rings is 1. The molecule has 0 fully saturated rings. The number of H-pyrrole nitrogens is 1. The number of hydrogen-bond donors (Lipinski definition) is 2. The maximum absolute atomic E-state index is 12.1. The Morgan fingerprint density at radius 2 is 2.00 bits per heavy atom. The molecule has 0 bridgehead atoms. The van der Waals surface area contributed by atoms with Crippen LogP contribution in [0.2, 0.25) is 5.15 Å². The van der Waals surface area contributed by atoms with Crippen LogP contribution >= 0.6 is 11.6 Å². The molecule has 0 saturated heterocycles. The Labute approximate surface area is 129 Å². The zero-order valence-corrected chi connectivity index (χ0v) is 11.9. The highest BCUT2D eigenvalue weighted by Crippen LogP contribution is 2.16. The zero-order valence-electron chi connectivity index (χ0n) is 11.2. The van der Waals surface area contributed by atoms with E-state index in [2.05, 4.69) is 20.4 Å². The Bertz CT molecular complexity index is 859. The number of nitrogens with zero attached hydrogens (tertiary/aromatic N) is 3. The highest BCUT2D eigenvalue weighted by Gasteiger charge is 2.14. The molecule has 110 valence electrons. The number of carbonyl (C=O) groups is 1. The van der Waals surface area contributed by atoms with Crippen molar-refractivity contribution in [2.45, 2.75) is 0 Å². The number of anilines is 1. The quantitative estimate of drug-likeness (QED) is 0.721. The van der Waals surface area contributed by atoms with Gasteiger partial charge in [-0.2, -0.15) is 10.1 Å². The lowest BCUT2D eigenvalue weighted by Crippen LogP contribution is -2.22. The molecule has 0 unspecified atom stereocenters. The zero-order chi connectivity index (χ0) is 15.5. The number of nitrogens with one attached hydrogen (secondary N) is 2. The molecule has 0 spiro atoms. The molecule has 1 aromatic carbocycles. The molecular formula is C14H10ClN5O2. The molecule has 22 heavy (non-hydrogen) atoms. The first-order chi connectivity index (χ1) is 10.6. The first kappa shape index (κ1) is 14.0. The summed E-state index contributed by atoms with van der Waals surface area (Å²) < 4.78 is 1.36. The minimum atomic E-state index is -0.560. The van der Waals surface area contributed by atoms with Gasteiger partial charge in [0.25, 0.3) is 11.5 Å². The third-order valence-electron chi connectivity index (χ3n) is 2.86. The van der Waals surface area contributed by atoms with Crippen LogP contribution in [-0.4, -0.2) is 25.7 Å². The number of carbonyl (C=O) groups excluding carboxylic acids is 1. The van der Waals surface area contributed by atoms with Crippen LogP contribution in [0.4, 0.5) is 5.69 Å². The molecular weight excluding hydrogens is 306 g/mol. The number of halogens is 1. The lowest BCUT2D eigenvalue weighted by molar-refractivity contribution is 0.102. The topological polar surface area (TPSA) is 92.7 Å². The fourth-order valence-electron chi connectivity index (χ4n) is 1.82. The molecule has 0 aliphatic rings. The maximum Gasteiger partial charge on any atom is 0.277 e. The van der Waals surface area contributed by atoms with E-state index in [0.717, 1.165) is 0 Å². The van der Waals surface area contributed by atoms with Gasteiger partial charge in [0.05, 0.1) is 0 Å². The average Bonchev–Trinajstić information content (AvgIpc) is 3.06. The first-order valence-electron chi connectivity index (χ1n) is 6.31. The Hall–Kier alpha value is -2.93. The van der Waals surface area contributed by atoms with Gasteiger partial charge >= 0.3 is 0 Å². The van der Waals surface area contributed by atoms with E-state index in [-0.39, 0.29) is 16.8 Å². The Morgan fingerprint density at radius 3 is 2.64 bits per heavy atom. The molecule has 7 nitrogen and oxygen atoms in total. The predicted octanol–water partition coefficient (Wildman–Crippen LogP) is 1.86. The smallest absolute Gasteiger partial charge is 0.277 e. The molecule has 0 aliphatic heterocycles. The van der Waals surface area contributed by atoms with Crippen LogP contribution in [0.25, 0.3) is 5.95 Å². The summed E-state index contributed by atoms with van der Waals surface area (Å²) in [6, 6.07) is 10.2. The summed E-state index contributed by atoms with van der Waals surface area (Å²) in [7, 11) is 0. The fraction of sp³-hybridized carbons (Fsp3) is 0. The molecule has 2 N–H and O–H groups in total. The van der Waals surface area contributed by atoms with Crippen LogP contribution in [0.1, 0.15) is 10.4 Å². The number of amides is 1. The standard InChI is InChI=1S/C14H10ClN5O2/c15-11-10(17-12(21)9-5-2-1-3-6-9)13(22)19-14(18-11)20-8-4-7-16-20/h1-8H,(H,17,21)(H,18,19,22). The molecule has 2 heterocycles. The first-order valence-corrected chi connectivity index (χ1v) is 6.69. The molecule has 3 aromatic rings. The molecule has 2 aromatic heterocycles. The van der Waals surface area contributed by atoms with E-state index in [9.17, 15) is 9.59 Å². The van der Waals surface area contributed by atoms with Gasteiger partial charge in [-0.05, 0) is 18.2 Å². The summed E-state index contributed by atoms with van der Waals surface area (Å²) in [5, 5.41) is 6.29. The van der Waals surface area contributed by atoms with E-state index < -0.39 is 11.5 Å². The van der Waals surface area contributed by atoms with Gasteiger partial charge in [0.2, 0.25) is 5.95 Å². The van der Waals surface area contributed by atoms with Crippen LogP contribution in [-0.2, 0) is 0 Å². The van der Waals surface area contributed by atoms with Crippen molar-refractivity contribution in [1.82, 2.24) is 19.7 Å². The van der Waals surface area contributed by atoms with Gasteiger partial charge in [-0.15, -0.1) is 0 Å². The third-order valence-corrected chi connectivity index (χ3v) is 3.13. The van der Waals surface area contributed by atoms with Crippen molar-refractivity contribution in [2.75, 3.05) is 5.32 Å². The largest absolute Gasteiger partial charge is 0.315 e.